The van der Waals surface area contributed by atoms with Crippen LogP contribution in [-0.4, -0.2) is 82.5 Å². The van der Waals surface area contributed by atoms with E-state index in [0.717, 1.165) is 5.56 Å². The van der Waals surface area contributed by atoms with Gasteiger partial charge in [0.25, 0.3) is 0 Å². The largest absolute Gasteiger partial charge is 0.508 e. The molecule has 0 aliphatic carbocycles. The number of hydrogen-bond donors (Lipinski definition) is 8. The molecular formula is C31H41N7O7. The number of carboxylic acid groups (broad SMARTS) is 1. The molecule has 14 nitrogen and oxygen atoms in total. The smallest absolute Gasteiger partial charge is 0.326 e. The Kier molecular flexibility index (Phi) is 12.3. The van der Waals surface area contributed by atoms with Crippen LogP contribution in [0.4, 0.5) is 4.79 Å². The maximum Gasteiger partial charge on any atom is 0.326 e. The van der Waals surface area contributed by atoms with E-state index in [1.807, 2.05) is 30.3 Å². The summed E-state index contributed by atoms with van der Waals surface area (Å²) >= 11 is 0. The van der Waals surface area contributed by atoms with Crippen LogP contribution in [0.15, 0.2) is 59.6 Å². The second-order valence-corrected chi connectivity index (χ2v) is 11.3. The van der Waals surface area contributed by atoms with Crippen molar-refractivity contribution < 1.29 is 34.2 Å². The molecule has 14 heteroatoms. The third-order valence-corrected chi connectivity index (χ3v) is 7.34. The molecule has 1 heterocycles. The number of hydrogen-bond acceptors (Lipinski definition) is 9. The molecule has 0 saturated heterocycles. The van der Waals surface area contributed by atoms with Gasteiger partial charge < -0.3 is 42.5 Å². The van der Waals surface area contributed by atoms with Gasteiger partial charge in [0, 0.05) is 13.0 Å². The maximum absolute atomic E-state index is 13.7. The van der Waals surface area contributed by atoms with E-state index >= 15 is 0 Å². The minimum absolute atomic E-state index is 0.00867. The van der Waals surface area contributed by atoms with Gasteiger partial charge in [-0.1, -0.05) is 56.3 Å². The molecule has 4 amide bonds. The summed E-state index contributed by atoms with van der Waals surface area (Å²) < 4.78 is 0. The molecule has 0 spiro atoms. The highest BCUT2D eigenvalue weighted by molar-refractivity contribution is 5.95. The average Bonchev–Trinajstić information content (AvgIpc) is 2.99. The molecule has 2 aromatic carbocycles. The van der Waals surface area contributed by atoms with Crippen LogP contribution in [0, 0.1) is 5.92 Å². The number of rotatable bonds is 14. The first-order valence-corrected chi connectivity index (χ1v) is 14.6. The van der Waals surface area contributed by atoms with Gasteiger partial charge in [0.2, 0.25) is 11.8 Å². The van der Waals surface area contributed by atoms with Crippen LogP contribution in [0.25, 0.3) is 0 Å². The first-order valence-electron chi connectivity index (χ1n) is 14.6. The minimum atomic E-state index is -1.36. The third-order valence-electron chi connectivity index (χ3n) is 7.34. The molecule has 5 atom stereocenters. The topological polar surface area (TPSA) is 224 Å². The van der Waals surface area contributed by atoms with E-state index in [9.17, 15) is 34.2 Å². The first kappa shape index (κ1) is 34.4. The molecule has 9 N–H and O–H groups in total. The summed E-state index contributed by atoms with van der Waals surface area (Å²) in [6, 6.07) is 8.85. The predicted molar refractivity (Wildman–Crippen MR) is 166 cm³/mol. The number of carboxylic acids is 1. The van der Waals surface area contributed by atoms with Crippen LogP contribution in [0.1, 0.15) is 38.3 Å². The summed E-state index contributed by atoms with van der Waals surface area (Å²) in [4.78, 5) is 68.6. The molecule has 0 bridgehead atoms. The van der Waals surface area contributed by atoms with Crippen molar-refractivity contribution in [2.24, 2.45) is 16.6 Å². The molecule has 1 aliphatic rings. The fraction of sp³-hybridized carbons (Fsp3) is 0.419. The van der Waals surface area contributed by atoms with Gasteiger partial charge in [0.15, 0.2) is 11.7 Å². The van der Waals surface area contributed by atoms with E-state index in [0.29, 0.717) is 12.0 Å². The van der Waals surface area contributed by atoms with Crippen LogP contribution in [0.3, 0.4) is 0 Å². The van der Waals surface area contributed by atoms with Gasteiger partial charge in [-0.25, -0.2) is 9.59 Å². The predicted octanol–water partition coefficient (Wildman–Crippen LogP) is 0.190. The highest BCUT2D eigenvalue weighted by Gasteiger charge is 2.36. The number of nitrogens with zero attached hydrogens (tertiary/aromatic N) is 1. The molecular weight excluding hydrogens is 582 g/mol. The van der Waals surface area contributed by atoms with E-state index in [-0.39, 0.29) is 36.9 Å². The first-order chi connectivity index (χ1) is 21.3. The third kappa shape index (κ3) is 10.5. The number of ketones is 1. The van der Waals surface area contributed by atoms with Crippen molar-refractivity contribution in [1.82, 2.24) is 26.6 Å². The van der Waals surface area contributed by atoms with Crippen LogP contribution >= 0.6 is 0 Å². The number of carbonyl (C=O) groups is 5. The lowest BCUT2D eigenvalue weighted by Gasteiger charge is -2.32. The Morgan fingerprint density at radius 2 is 1.51 bits per heavy atom. The number of guanidine groups is 1. The Bertz CT molecular complexity index is 1380. The second kappa shape index (κ2) is 16.1. The fourth-order valence-corrected chi connectivity index (χ4v) is 4.83. The number of aromatic hydroxyl groups is 1. The van der Waals surface area contributed by atoms with Gasteiger partial charge in [-0.2, -0.15) is 0 Å². The van der Waals surface area contributed by atoms with E-state index in [1.165, 1.54) is 31.2 Å². The van der Waals surface area contributed by atoms with Crippen molar-refractivity contribution in [3.8, 4) is 5.75 Å². The summed E-state index contributed by atoms with van der Waals surface area (Å²) in [6.07, 6.45) is 0.485. The van der Waals surface area contributed by atoms with Crippen molar-refractivity contribution >= 4 is 35.6 Å². The fourth-order valence-electron chi connectivity index (χ4n) is 4.83. The Balaban J connectivity index is 1.75. The highest BCUT2D eigenvalue weighted by Crippen LogP contribution is 2.13. The quantitative estimate of drug-likeness (QED) is 0.144. The van der Waals surface area contributed by atoms with Gasteiger partial charge in [0.05, 0.1) is 12.1 Å². The number of urea groups is 1. The summed E-state index contributed by atoms with van der Waals surface area (Å²) in [5.41, 5.74) is 7.25. The molecule has 0 fully saturated rings. The van der Waals surface area contributed by atoms with Crippen molar-refractivity contribution in [2.45, 2.75) is 70.2 Å². The Morgan fingerprint density at radius 3 is 2.09 bits per heavy atom. The van der Waals surface area contributed by atoms with Crippen molar-refractivity contribution in [3.63, 3.8) is 0 Å². The van der Waals surface area contributed by atoms with Crippen LogP contribution in [-0.2, 0) is 32.0 Å². The number of amides is 4. The Morgan fingerprint density at radius 1 is 0.889 bits per heavy atom. The molecule has 1 aliphatic heterocycles. The van der Waals surface area contributed by atoms with Crippen molar-refractivity contribution in [2.75, 3.05) is 6.54 Å². The summed E-state index contributed by atoms with van der Waals surface area (Å²) in [5, 5.41) is 32.5. The standard InChI is InChI=1S/C31H41N7O7/c1-17(2)25(27(41)34-23(18(3)39)15-19-7-5-4-6-8-19)37-28(42)26(22-13-14-33-30(32)35-22)38-31(45)36-24(29(43)44)16-20-9-11-21(40)12-10-20/h4-12,17,22-26,40H,13-16H2,1-3H3,(H,34,41)(H,37,42)(H,43,44)(H3,32,33,35)(H2,36,38,45)/t22-,23-,24-,25-,26-/m0/s1. The molecule has 0 unspecified atom stereocenters. The lowest BCUT2D eigenvalue weighted by atomic mass is 9.98. The van der Waals surface area contributed by atoms with E-state index in [1.54, 1.807) is 13.8 Å². The van der Waals surface area contributed by atoms with Gasteiger partial charge in [-0.05, 0) is 48.9 Å². The summed E-state index contributed by atoms with van der Waals surface area (Å²) in [5.74, 6) is -3.19. The van der Waals surface area contributed by atoms with Crippen LogP contribution in [0.2, 0.25) is 0 Å². The van der Waals surface area contributed by atoms with Crippen molar-refractivity contribution in [3.05, 3.63) is 65.7 Å². The molecule has 45 heavy (non-hydrogen) atoms. The molecule has 0 radical (unpaired) electrons. The molecule has 2 aromatic rings. The number of nitrogens with two attached hydrogens (primary N) is 1. The number of carbonyl (C=O) groups excluding carboxylic acids is 4. The Hall–Kier alpha value is -5.14. The zero-order valence-electron chi connectivity index (χ0n) is 25.4. The zero-order valence-corrected chi connectivity index (χ0v) is 25.4. The number of aliphatic imine (C=N–C) groups is 1. The Labute approximate surface area is 261 Å². The average molecular weight is 624 g/mol. The molecule has 3 rings (SSSR count). The van der Waals surface area contributed by atoms with Gasteiger partial charge in [0.1, 0.15) is 23.9 Å². The lowest BCUT2D eigenvalue weighted by molar-refractivity contribution is -0.139. The molecule has 0 saturated carbocycles. The summed E-state index contributed by atoms with van der Waals surface area (Å²) in [7, 11) is 0. The zero-order chi connectivity index (χ0) is 33.1. The molecule has 0 aromatic heterocycles. The SMILES string of the molecule is CC(=O)[C@H](Cc1ccccc1)NC(=O)[C@@H](NC(=O)[C@@H](NC(=O)N[C@@H](Cc1ccc(O)cc1)C(=O)O)[C@@H]1CCN=C(N)N1)C(C)C. The van der Waals surface area contributed by atoms with E-state index < -0.39 is 59.9 Å². The van der Waals surface area contributed by atoms with Crippen LogP contribution in [0.5, 0.6) is 5.75 Å². The number of aliphatic carboxylic acids is 1. The number of Topliss-reactive ketones (excluding diaryl/α,β-unsaturated/α-hetero) is 1. The minimum Gasteiger partial charge on any atom is -0.508 e. The van der Waals surface area contributed by atoms with E-state index in [4.69, 9.17) is 5.73 Å². The van der Waals surface area contributed by atoms with Gasteiger partial charge in [-0.15, -0.1) is 0 Å². The number of benzene rings is 2. The number of nitrogens with one attached hydrogen (secondary N) is 5. The molecule has 242 valence electrons. The normalized spacial score (nSPS) is 17.0. The van der Waals surface area contributed by atoms with Crippen molar-refractivity contribution in [1.29, 1.82) is 0 Å². The number of phenols is 1. The number of phenolic OH excluding ortho intramolecular Hbond substituents is 1. The van der Waals surface area contributed by atoms with Gasteiger partial charge in [-0.3, -0.25) is 19.4 Å². The van der Waals surface area contributed by atoms with Crippen LogP contribution < -0.4 is 32.3 Å². The highest BCUT2D eigenvalue weighted by atomic mass is 16.4. The van der Waals surface area contributed by atoms with E-state index in [2.05, 4.69) is 31.6 Å². The summed E-state index contributed by atoms with van der Waals surface area (Å²) in [6.45, 7) is 5.10. The lowest BCUT2D eigenvalue weighted by Crippen LogP contribution is -2.65. The monoisotopic (exact) mass is 623 g/mol. The maximum atomic E-state index is 13.7. The second-order valence-electron chi connectivity index (χ2n) is 11.3. The van der Waals surface area contributed by atoms with Gasteiger partial charge >= 0.3 is 12.0 Å².